The Morgan fingerprint density at radius 2 is 1.76 bits per heavy atom. The molecule has 2 nitrogen and oxygen atoms in total. The number of phenolic OH excluding ortho intramolecular Hbond substituents is 1. The van der Waals surface area contributed by atoms with Gasteiger partial charge >= 0.3 is 0 Å². The summed E-state index contributed by atoms with van der Waals surface area (Å²) in [5, 5.41) is 9.16. The van der Waals surface area contributed by atoms with Crippen molar-refractivity contribution in [2.24, 2.45) is 0 Å². The lowest BCUT2D eigenvalue weighted by Crippen LogP contribution is -2.22. The largest absolute Gasteiger partial charge is 0.503 e. The third-order valence-electron chi connectivity index (χ3n) is 4.01. The van der Waals surface area contributed by atoms with E-state index < -0.39 is 17.4 Å². The summed E-state index contributed by atoms with van der Waals surface area (Å²) in [6, 6.07) is 12.9. The van der Waals surface area contributed by atoms with Crippen molar-refractivity contribution in [3.05, 3.63) is 65.2 Å². The number of likely N-dealkylation sites (tertiary alicyclic amines) is 1. The molecule has 21 heavy (non-hydrogen) atoms. The van der Waals surface area contributed by atoms with E-state index in [0.29, 0.717) is 12.1 Å². The second-order valence-electron chi connectivity index (χ2n) is 5.45. The second kappa shape index (κ2) is 5.82. The van der Waals surface area contributed by atoms with Crippen molar-refractivity contribution in [2.45, 2.75) is 25.4 Å². The Labute approximate surface area is 122 Å². The van der Waals surface area contributed by atoms with Gasteiger partial charge in [-0.25, -0.2) is 8.78 Å². The molecular weight excluding hydrogens is 272 g/mol. The molecule has 3 rings (SSSR count). The molecule has 1 aliphatic heterocycles. The minimum atomic E-state index is -0.903. The van der Waals surface area contributed by atoms with E-state index in [4.69, 9.17) is 5.11 Å². The number of benzene rings is 2. The predicted octanol–water partition coefficient (Wildman–Crippen LogP) is 4.01. The summed E-state index contributed by atoms with van der Waals surface area (Å²) in [6.07, 6.45) is 2.12. The van der Waals surface area contributed by atoms with Crippen molar-refractivity contribution in [2.75, 3.05) is 6.54 Å². The number of nitrogens with zero attached hydrogens (tertiary/aromatic N) is 1. The average molecular weight is 289 g/mol. The molecule has 1 heterocycles. The van der Waals surface area contributed by atoms with Crippen LogP contribution in [0.2, 0.25) is 0 Å². The Hall–Kier alpha value is -1.94. The highest BCUT2D eigenvalue weighted by atomic mass is 19.1. The maximum Gasteiger partial charge on any atom is 0.187 e. The summed E-state index contributed by atoms with van der Waals surface area (Å²) in [4.78, 5) is 2.22. The van der Waals surface area contributed by atoms with Gasteiger partial charge in [0.2, 0.25) is 0 Å². The third kappa shape index (κ3) is 2.90. The lowest BCUT2D eigenvalue weighted by molar-refractivity contribution is 0.247. The summed E-state index contributed by atoms with van der Waals surface area (Å²) in [7, 11) is 0. The van der Waals surface area contributed by atoms with Gasteiger partial charge in [-0.15, -0.1) is 0 Å². The van der Waals surface area contributed by atoms with Crippen LogP contribution < -0.4 is 0 Å². The maximum atomic E-state index is 13.4. The molecule has 0 spiro atoms. The van der Waals surface area contributed by atoms with Crippen LogP contribution in [0.15, 0.2) is 42.5 Å². The molecule has 0 aromatic heterocycles. The van der Waals surface area contributed by atoms with E-state index in [2.05, 4.69) is 17.0 Å². The smallest absolute Gasteiger partial charge is 0.187 e. The quantitative estimate of drug-likeness (QED) is 0.923. The van der Waals surface area contributed by atoms with Gasteiger partial charge in [0.15, 0.2) is 17.4 Å². The van der Waals surface area contributed by atoms with Crippen LogP contribution >= 0.6 is 0 Å². The van der Waals surface area contributed by atoms with Gasteiger partial charge in [-0.05, 0) is 42.6 Å². The molecule has 1 unspecified atom stereocenters. The van der Waals surface area contributed by atoms with Crippen LogP contribution in [0.3, 0.4) is 0 Å². The van der Waals surface area contributed by atoms with E-state index in [1.54, 1.807) is 0 Å². The van der Waals surface area contributed by atoms with Crippen molar-refractivity contribution in [1.29, 1.82) is 0 Å². The van der Waals surface area contributed by atoms with Gasteiger partial charge in [0, 0.05) is 12.6 Å². The Morgan fingerprint density at radius 1 is 1.10 bits per heavy atom. The molecule has 0 aliphatic carbocycles. The van der Waals surface area contributed by atoms with Gasteiger partial charge in [0.25, 0.3) is 0 Å². The summed E-state index contributed by atoms with van der Waals surface area (Å²) in [5.74, 6) is -2.71. The molecule has 1 fully saturated rings. The second-order valence-corrected chi connectivity index (χ2v) is 5.45. The zero-order valence-corrected chi connectivity index (χ0v) is 11.6. The monoisotopic (exact) mass is 289 g/mol. The zero-order valence-electron chi connectivity index (χ0n) is 11.6. The molecule has 1 atom stereocenters. The minimum Gasteiger partial charge on any atom is -0.503 e. The fraction of sp³-hybridized carbons (Fsp3) is 0.294. The lowest BCUT2D eigenvalue weighted by Gasteiger charge is -2.25. The molecule has 1 saturated heterocycles. The SMILES string of the molecule is Oc1c(F)cc(CN2CCCC2c2ccccc2)cc1F. The summed E-state index contributed by atoms with van der Waals surface area (Å²) < 4.78 is 26.9. The van der Waals surface area contributed by atoms with E-state index in [1.165, 1.54) is 17.7 Å². The summed E-state index contributed by atoms with van der Waals surface area (Å²) in [5.41, 5.74) is 1.78. The standard InChI is InChI=1S/C17H17F2NO/c18-14-9-12(10-15(19)17(14)21)11-20-8-4-7-16(20)13-5-2-1-3-6-13/h1-3,5-6,9-10,16,21H,4,7-8,11H2. The van der Waals surface area contributed by atoms with Crippen LogP contribution in [0.1, 0.15) is 30.0 Å². The van der Waals surface area contributed by atoms with Gasteiger partial charge in [0.05, 0.1) is 0 Å². The van der Waals surface area contributed by atoms with E-state index in [0.717, 1.165) is 19.4 Å². The van der Waals surface area contributed by atoms with Gasteiger partial charge in [-0.3, -0.25) is 4.90 Å². The molecule has 110 valence electrons. The van der Waals surface area contributed by atoms with Crippen molar-refractivity contribution in [1.82, 2.24) is 4.90 Å². The Balaban J connectivity index is 1.81. The van der Waals surface area contributed by atoms with Crippen molar-refractivity contribution in [3.8, 4) is 5.75 Å². The first-order valence-electron chi connectivity index (χ1n) is 7.11. The maximum absolute atomic E-state index is 13.4. The fourth-order valence-electron chi connectivity index (χ4n) is 3.01. The predicted molar refractivity (Wildman–Crippen MR) is 76.8 cm³/mol. The van der Waals surface area contributed by atoms with Gasteiger partial charge in [0.1, 0.15) is 0 Å². The number of halogens is 2. The minimum absolute atomic E-state index is 0.283. The average Bonchev–Trinajstić information content (AvgIpc) is 2.94. The number of hydrogen-bond donors (Lipinski definition) is 1. The highest BCUT2D eigenvalue weighted by molar-refractivity contribution is 5.30. The van der Waals surface area contributed by atoms with E-state index >= 15 is 0 Å². The van der Waals surface area contributed by atoms with E-state index in [-0.39, 0.29) is 6.04 Å². The Morgan fingerprint density at radius 3 is 2.43 bits per heavy atom. The molecule has 0 radical (unpaired) electrons. The number of aromatic hydroxyl groups is 1. The van der Waals surface area contributed by atoms with Crippen molar-refractivity contribution in [3.63, 3.8) is 0 Å². The summed E-state index contributed by atoms with van der Waals surface area (Å²) in [6.45, 7) is 1.39. The number of phenols is 1. The van der Waals surface area contributed by atoms with Crippen LogP contribution in [0.25, 0.3) is 0 Å². The van der Waals surface area contributed by atoms with Gasteiger partial charge < -0.3 is 5.11 Å². The van der Waals surface area contributed by atoms with Crippen LogP contribution in [0.5, 0.6) is 5.75 Å². The molecule has 2 aromatic rings. The molecular formula is C17H17F2NO. The van der Waals surface area contributed by atoms with Crippen LogP contribution in [-0.4, -0.2) is 16.6 Å². The van der Waals surface area contributed by atoms with Crippen molar-refractivity contribution >= 4 is 0 Å². The van der Waals surface area contributed by atoms with Crippen LogP contribution in [0.4, 0.5) is 8.78 Å². The normalized spacial score (nSPS) is 19.0. The first kappa shape index (κ1) is 14.0. The van der Waals surface area contributed by atoms with Gasteiger partial charge in [-0.2, -0.15) is 0 Å². The highest BCUT2D eigenvalue weighted by Crippen LogP contribution is 2.33. The fourth-order valence-corrected chi connectivity index (χ4v) is 3.01. The van der Waals surface area contributed by atoms with Crippen molar-refractivity contribution < 1.29 is 13.9 Å². The number of hydrogen-bond acceptors (Lipinski definition) is 2. The molecule has 0 amide bonds. The van der Waals surface area contributed by atoms with Gasteiger partial charge in [-0.1, -0.05) is 30.3 Å². The number of rotatable bonds is 3. The molecule has 0 saturated carbocycles. The van der Waals surface area contributed by atoms with E-state index in [1.807, 2.05) is 18.2 Å². The van der Waals surface area contributed by atoms with Crippen LogP contribution in [-0.2, 0) is 6.54 Å². The highest BCUT2D eigenvalue weighted by Gasteiger charge is 2.26. The lowest BCUT2D eigenvalue weighted by atomic mass is 10.0. The Kier molecular flexibility index (Phi) is 3.88. The Bertz CT molecular complexity index is 607. The van der Waals surface area contributed by atoms with Crippen LogP contribution in [0, 0.1) is 11.6 Å². The molecule has 0 bridgehead atoms. The molecule has 4 heteroatoms. The summed E-state index contributed by atoms with van der Waals surface area (Å²) >= 11 is 0. The first-order chi connectivity index (χ1) is 10.1. The molecule has 2 aromatic carbocycles. The van der Waals surface area contributed by atoms with E-state index in [9.17, 15) is 8.78 Å². The first-order valence-corrected chi connectivity index (χ1v) is 7.11. The molecule has 1 aliphatic rings. The zero-order chi connectivity index (χ0) is 14.8. The topological polar surface area (TPSA) is 23.5 Å². The third-order valence-corrected chi connectivity index (χ3v) is 4.01. The molecule has 1 N–H and O–H groups in total.